The maximum absolute atomic E-state index is 13.1. The van der Waals surface area contributed by atoms with Crippen LogP contribution in [0, 0.1) is 11.7 Å². The third kappa shape index (κ3) is 3.23. The van der Waals surface area contributed by atoms with E-state index in [2.05, 4.69) is 0 Å². The first-order chi connectivity index (χ1) is 8.16. The third-order valence-electron chi connectivity index (χ3n) is 2.87. The zero-order valence-electron chi connectivity index (χ0n) is 9.42. The summed E-state index contributed by atoms with van der Waals surface area (Å²) in [5.74, 6) is 0.387. The molecule has 0 bridgehead atoms. The molecule has 1 aliphatic heterocycles. The monoisotopic (exact) mass is 259 g/mol. The van der Waals surface area contributed by atoms with Gasteiger partial charge in [0, 0.05) is 25.3 Å². The van der Waals surface area contributed by atoms with Crippen LogP contribution in [0.2, 0.25) is 5.02 Å². The highest BCUT2D eigenvalue weighted by atomic mass is 35.5. The second-order valence-corrected chi connectivity index (χ2v) is 4.58. The summed E-state index contributed by atoms with van der Waals surface area (Å²) < 4.78 is 23.9. The van der Waals surface area contributed by atoms with Crippen molar-refractivity contribution in [3.8, 4) is 5.75 Å². The number of nitrogen functional groups attached to an aromatic ring is 1. The lowest BCUT2D eigenvalue weighted by Gasteiger charge is -2.22. The molecular weight excluding hydrogens is 245 g/mol. The number of anilines is 1. The van der Waals surface area contributed by atoms with E-state index >= 15 is 0 Å². The van der Waals surface area contributed by atoms with Crippen molar-refractivity contribution in [2.45, 2.75) is 12.8 Å². The molecule has 1 aromatic carbocycles. The van der Waals surface area contributed by atoms with Gasteiger partial charge in [-0.25, -0.2) is 4.39 Å². The summed E-state index contributed by atoms with van der Waals surface area (Å²) in [6.45, 7) is 2.11. The van der Waals surface area contributed by atoms with Crippen LogP contribution in [0.3, 0.4) is 0 Å². The minimum absolute atomic E-state index is 0.0289. The van der Waals surface area contributed by atoms with Gasteiger partial charge in [0.15, 0.2) is 0 Å². The predicted molar refractivity (Wildman–Crippen MR) is 64.9 cm³/mol. The Kier molecular flexibility index (Phi) is 4.07. The minimum Gasteiger partial charge on any atom is -0.491 e. The fourth-order valence-corrected chi connectivity index (χ4v) is 1.94. The zero-order chi connectivity index (χ0) is 12.3. The van der Waals surface area contributed by atoms with Crippen LogP contribution in [-0.2, 0) is 4.74 Å². The fraction of sp³-hybridized carbons (Fsp3) is 0.500. The van der Waals surface area contributed by atoms with E-state index in [9.17, 15) is 4.39 Å². The molecule has 1 aromatic rings. The Morgan fingerprint density at radius 1 is 1.41 bits per heavy atom. The molecule has 17 heavy (non-hydrogen) atoms. The van der Waals surface area contributed by atoms with Crippen molar-refractivity contribution in [2.75, 3.05) is 25.6 Å². The zero-order valence-corrected chi connectivity index (χ0v) is 10.2. The largest absolute Gasteiger partial charge is 0.491 e. The average molecular weight is 260 g/mol. The number of ether oxygens (including phenoxy) is 2. The molecule has 0 amide bonds. The molecule has 1 heterocycles. The van der Waals surface area contributed by atoms with Gasteiger partial charge < -0.3 is 15.2 Å². The molecule has 1 aliphatic rings. The average Bonchev–Trinajstić information content (AvgIpc) is 2.33. The van der Waals surface area contributed by atoms with Gasteiger partial charge in [0.05, 0.1) is 17.3 Å². The van der Waals surface area contributed by atoms with E-state index in [0.29, 0.717) is 18.3 Å². The molecule has 0 aromatic heterocycles. The van der Waals surface area contributed by atoms with Gasteiger partial charge in [0.1, 0.15) is 11.6 Å². The topological polar surface area (TPSA) is 44.5 Å². The molecule has 0 atom stereocenters. The summed E-state index contributed by atoms with van der Waals surface area (Å²) in [5.41, 5.74) is 5.93. The van der Waals surface area contributed by atoms with Crippen molar-refractivity contribution in [3.63, 3.8) is 0 Å². The molecule has 3 nitrogen and oxygen atoms in total. The van der Waals surface area contributed by atoms with Gasteiger partial charge in [0.2, 0.25) is 0 Å². The molecule has 94 valence electrons. The van der Waals surface area contributed by atoms with Crippen molar-refractivity contribution in [1.82, 2.24) is 0 Å². The molecule has 2 rings (SSSR count). The van der Waals surface area contributed by atoms with Crippen LogP contribution in [0.1, 0.15) is 12.8 Å². The molecular formula is C12H15ClFNO2. The van der Waals surface area contributed by atoms with E-state index in [1.807, 2.05) is 0 Å². The van der Waals surface area contributed by atoms with E-state index in [4.69, 9.17) is 26.8 Å². The number of nitrogens with two attached hydrogens (primary N) is 1. The van der Waals surface area contributed by atoms with E-state index in [1.54, 1.807) is 0 Å². The molecule has 0 radical (unpaired) electrons. The SMILES string of the molecule is Nc1cc(F)c(Cl)cc1OCC1CCOCC1. The number of rotatable bonds is 3. The molecule has 0 aliphatic carbocycles. The van der Waals surface area contributed by atoms with E-state index in [-0.39, 0.29) is 10.7 Å². The van der Waals surface area contributed by atoms with Crippen LogP contribution < -0.4 is 10.5 Å². The predicted octanol–water partition coefficient (Wildman–Crippen LogP) is 2.87. The van der Waals surface area contributed by atoms with E-state index < -0.39 is 5.82 Å². The summed E-state index contributed by atoms with van der Waals surface area (Å²) in [6, 6.07) is 2.60. The highest BCUT2D eigenvalue weighted by molar-refractivity contribution is 6.31. The Hall–Kier alpha value is -1.00. The Labute approximate surface area is 105 Å². The quantitative estimate of drug-likeness (QED) is 0.849. The molecule has 0 unspecified atom stereocenters. The third-order valence-corrected chi connectivity index (χ3v) is 3.16. The van der Waals surface area contributed by atoms with Crippen molar-refractivity contribution in [1.29, 1.82) is 0 Å². The van der Waals surface area contributed by atoms with Gasteiger partial charge in [-0.15, -0.1) is 0 Å². The highest BCUT2D eigenvalue weighted by Gasteiger charge is 2.15. The lowest BCUT2D eigenvalue weighted by molar-refractivity contribution is 0.0499. The Morgan fingerprint density at radius 2 is 2.12 bits per heavy atom. The van der Waals surface area contributed by atoms with Gasteiger partial charge >= 0.3 is 0 Å². The van der Waals surface area contributed by atoms with Crippen LogP contribution in [0.15, 0.2) is 12.1 Å². The minimum atomic E-state index is -0.525. The molecule has 5 heteroatoms. The lowest BCUT2D eigenvalue weighted by Crippen LogP contribution is -2.21. The number of hydrogen-bond acceptors (Lipinski definition) is 3. The molecule has 0 saturated carbocycles. The maximum atomic E-state index is 13.1. The van der Waals surface area contributed by atoms with Crippen LogP contribution >= 0.6 is 11.6 Å². The summed E-state index contributed by atoms with van der Waals surface area (Å²) in [7, 11) is 0. The first-order valence-corrected chi connectivity index (χ1v) is 5.99. The van der Waals surface area contributed by atoms with Crippen LogP contribution in [-0.4, -0.2) is 19.8 Å². The number of benzene rings is 1. The maximum Gasteiger partial charge on any atom is 0.144 e. The van der Waals surface area contributed by atoms with Gasteiger partial charge in [0.25, 0.3) is 0 Å². The second kappa shape index (κ2) is 5.56. The first kappa shape index (κ1) is 12.5. The summed E-state index contributed by atoms with van der Waals surface area (Å²) in [6.07, 6.45) is 1.96. The highest BCUT2D eigenvalue weighted by Crippen LogP contribution is 2.29. The Balaban J connectivity index is 1.96. The Morgan fingerprint density at radius 3 is 2.82 bits per heavy atom. The fourth-order valence-electron chi connectivity index (χ4n) is 1.79. The van der Waals surface area contributed by atoms with Gasteiger partial charge in [-0.3, -0.25) is 0 Å². The normalized spacial score (nSPS) is 17.1. The molecule has 1 saturated heterocycles. The second-order valence-electron chi connectivity index (χ2n) is 4.17. The lowest BCUT2D eigenvalue weighted by atomic mass is 10.0. The Bertz CT molecular complexity index is 394. The summed E-state index contributed by atoms with van der Waals surface area (Å²) >= 11 is 5.68. The van der Waals surface area contributed by atoms with Crippen molar-refractivity contribution in [3.05, 3.63) is 23.0 Å². The van der Waals surface area contributed by atoms with Crippen molar-refractivity contribution >= 4 is 17.3 Å². The van der Waals surface area contributed by atoms with E-state index in [1.165, 1.54) is 12.1 Å². The van der Waals surface area contributed by atoms with Crippen molar-refractivity contribution < 1.29 is 13.9 Å². The smallest absolute Gasteiger partial charge is 0.144 e. The van der Waals surface area contributed by atoms with Gasteiger partial charge in [-0.1, -0.05) is 11.6 Å². The molecule has 0 spiro atoms. The number of hydrogen-bond donors (Lipinski definition) is 1. The molecule has 1 fully saturated rings. The van der Waals surface area contributed by atoms with Gasteiger partial charge in [-0.2, -0.15) is 0 Å². The van der Waals surface area contributed by atoms with Gasteiger partial charge in [-0.05, 0) is 18.8 Å². The molecule has 2 N–H and O–H groups in total. The number of halogens is 2. The standard InChI is InChI=1S/C12H15ClFNO2/c13-9-5-12(11(15)6-10(9)14)17-7-8-1-3-16-4-2-8/h5-6,8H,1-4,7,15H2. The first-order valence-electron chi connectivity index (χ1n) is 5.62. The van der Waals surface area contributed by atoms with E-state index in [0.717, 1.165) is 26.1 Å². The van der Waals surface area contributed by atoms with Crippen LogP contribution in [0.25, 0.3) is 0 Å². The van der Waals surface area contributed by atoms with Crippen molar-refractivity contribution in [2.24, 2.45) is 5.92 Å². The summed E-state index contributed by atoms with van der Waals surface area (Å²) in [5, 5.41) is 0.0289. The van der Waals surface area contributed by atoms with Crippen LogP contribution in [0.5, 0.6) is 5.75 Å². The summed E-state index contributed by atoms with van der Waals surface area (Å²) in [4.78, 5) is 0. The van der Waals surface area contributed by atoms with Crippen LogP contribution in [0.4, 0.5) is 10.1 Å².